The van der Waals surface area contributed by atoms with Gasteiger partial charge in [0.15, 0.2) is 5.13 Å². The van der Waals surface area contributed by atoms with Crippen molar-refractivity contribution in [2.45, 2.75) is 51.0 Å². The average Bonchev–Trinajstić information content (AvgIpc) is 3.33. The summed E-state index contributed by atoms with van der Waals surface area (Å²) in [6.45, 7) is 1.46. The van der Waals surface area contributed by atoms with Crippen molar-refractivity contribution >= 4 is 32.6 Å². The Balaban J connectivity index is 1.57. The highest BCUT2D eigenvalue weighted by Gasteiger charge is 2.28. The number of fused-ring (bicyclic) bond motifs is 1. The molecule has 1 aromatic heterocycles. The maximum Gasteiger partial charge on any atom is 0.229 e. The van der Waals surface area contributed by atoms with Crippen LogP contribution in [-0.4, -0.2) is 30.1 Å². The normalized spacial score (nSPS) is 21.6. The molecule has 5 heteroatoms. The highest BCUT2D eigenvalue weighted by atomic mass is 32.1. The predicted octanol–water partition coefficient (Wildman–Crippen LogP) is 4.39. The van der Waals surface area contributed by atoms with Crippen LogP contribution < -0.4 is 4.90 Å². The van der Waals surface area contributed by atoms with E-state index in [2.05, 4.69) is 6.07 Å². The molecule has 0 bridgehead atoms. The number of para-hydroxylation sites is 1. The lowest BCUT2D eigenvalue weighted by Gasteiger charge is -2.24. The standard InChI is InChI=1S/C19H24N2O2S/c22-18(12-14-6-1-2-7-14)21(13-15-8-5-11-23-15)19-20-16-9-3-4-10-17(16)24-19/h3-4,9-10,14-15H,1-2,5-8,11-13H2. The Morgan fingerprint density at radius 3 is 2.79 bits per heavy atom. The number of hydrogen-bond acceptors (Lipinski definition) is 4. The van der Waals surface area contributed by atoms with E-state index in [1.807, 2.05) is 23.1 Å². The van der Waals surface area contributed by atoms with Gasteiger partial charge in [-0.3, -0.25) is 9.69 Å². The van der Waals surface area contributed by atoms with E-state index in [1.54, 1.807) is 11.3 Å². The minimum atomic E-state index is 0.157. The van der Waals surface area contributed by atoms with Gasteiger partial charge in [0.25, 0.3) is 0 Å². The van der Waals surface area contributed by atoms with Crippen LogP contribution in [0.15, 0.2) is 24.3 Å². The van der Waals surface area contributed by atoms with E-state index in [0.29, 0.717) is 18.9 Å². The molecule has 24 heavy (non-hydrogen) atoms. The van der Waals surface area contributed by atoms with Crippen LogP contribution in [0, 0.1) is 5.92 Å². The molecule has 2 heterocycles. The molecule has 2 aromatic rings. The van der Waals surface area contributed by atoms with Gasteiger partial charge in [0, 0.05) is 13.0 Å². The maximum atomic E-state index is 13.0. The van der Waals surface area contributed by atoms with Gasteiger partial charge in [0.2, 0.25) is 5.91 Å². The Hall–Kier alpha value is -1.46. The molecule has 1 saturated carbocycles. The molecule has 1 amide bonds. The summed E-state index contributed by atoms with van der Waals surface area (Å²) in [4.78, 5) is 19.6. The first-order valence-corrected chi connectivity index (χ1v) is 9.89. The second-order valence-electron chi connectivity index (χ2n) is 6.96. The van der Waals surface area contributed by atoms with Gasteiger partial charge in [0.05, 0.1) is 22.9 Å². The molecule has 1 unspecified atom stereocenters. The number of carbonyl (C=O) groups is 1. The van der Waals surface area contributed by atoms with Crippen LogP contribution in [0.3, 0.4) is 0 Å². The van der Waals surface area contributed by atoms with E-state index >= 15 is 0 Å². The largest absolute Gasteiger partial charge is 0.376 e. The van der Waals surface area contributed by atoms with Gasteiger partial charge in [-0.1, -0.05) is 36.3 Å². The number of aromatic nitrogens is 1. The number of hydrogen-bond donors (Lipinski definition) is 0. The number of rotatable bonds is 5. The van der Waals surface area contributed by atoms with Crippen molar-refractivity contribution < 1.29 is 9.53 Å². The fourth-order valence-electron chi connectivity index (χ4n) is 3.83. The second-order valence-corrected chi connectivity index (χ2v) is 7.97. The molecule has 1 atom stereocenters. The Bertz CT molecular complexity index is 669. The van der Waals surface area contributed by atoms with Crippen LogP contribution in [-0.2, 0) is 9.53 Å². The van der Waals surface area contributed by atoms with Gasteiger partial charge in [0.1, 0.15) is 0 Å². The van der Waals surface area contributed by atoms with E-state index in [1.165, 1.54) is 25.7 Å². The second kappa shape index (κ2) is 7.19. The fraction of sp³-hybridized carbons (Fsp3) is 0.579. The van der Waals surface area contributed by atoms with Crippen molar-refractivity contribution in [3.05, 3.63) is 24.3 Å². The first-order chi connectivity index (χ1) is 11.8. The number of thiazole rings is 1. The molecule has 4 rings (SSSR count). The van der Waals surface area contributed by atoms with Gasteiger partial charge < -0.3 is 4.74 Å². The lowest BCUT2D eigenvalue weighted by atomic mass is 10.0. The SMILES string of the molecule is O=C(CC1CCCC1)N(CC1CCCO1)c1nc2ccccc2s1. The van der Waals surface area contributed by atoms with Gasteiger partial charge in [-0.15, -0.1) is 0 Å². The molecule has 1 aliphatic carbocycles. The zero-order valence-corrected chi connectivity index (χ0v) is 14.8. The van der Waals surface area contributed by atoms with Crippen LogP contribution >= 0.6 is 11.3 Å². The summed E-state index contributed by atoms with van der Waals surface area (Å²) in [5.41, 5.74) is 0.975. The molecular formula is C19H24N2O2S. The lowest BCUT2D eigenvalue weighted by molar-refractivity contribution is -0.119. The number of ether oxygens (including phenoxy) is 1. The Labute approximate surface area is 146 Å². The maximum absolute atomic E-state index is 13.0. The molecule has 2 aliphatic rings. The van der Waals surface area contributed by atoms with Crippen LogP contribution in [0.5, 0.6) is 0 Å². The quantitative estimate of drug-likeness (QED) is 0.808. The number of nitrogens with zero attached hydrogens (tertiary/aromatic N) is 2. The third kappa shape index (κ3) is 3.47. The van der Waals surface area contributed by atoms with Gasteiger partial charge in [-0.25, -0.2) is 4.98 Å². The summed E-state index contributed by atoms with van der Waals surface area (Å²) >= 11 is 1.61. The summed E-state index contributed by atoms with van der Waals surface area (Å²) in [6, 6.07) is 8.11. The molecule has 0 radical (unpaired) electrons. The van der Waals surface area contributed by atoms with Gasteiger partial charge in [-0.05, 0) is 43.7 Å². The molecule has 4 nitrogen and oxygen atoms in total. The van der Waals surface area contributed by atoms with Gasteiger partial charge in [-0.2, -0.15) is 0 Å². The van der Waals surface area contributed by atoms with E-state index < -0.39 is 0 Å². The van der Waals surface area contributed by atoms with Crippen LogP contribution in [0.4, 0.5) is 5.13 Å². The first-order valence-electron chi connectivity index (χ1n) is 9.07. The van der Waals surface area contributed by atoms with E-state index in [0.717, 1.165) is 34.8 Å². The average molecular weight is 344 g/mol. The van der Waals surface area contributed by atoms with Crippen molar-refractivity contribution in [2.24, 2.45) is 5.92 Å². The van der Waals surface area contributed by atoms with Crippen LogP contribution in [0.25, 0.3) is 10.2 Å². The van der Waals surface area contributed by atoms with E-state index in [4.69, 9.17) is 9.72 Å². The van der Waals surface area contributed by atoms with E-state index in [9.17, 15) is 4.79 Å². The molecule has 1 aromatic carbocycles. The summed E-state index contributed by atoms with van der Waals surface area (Å²) in [7, 11) is 0. The van der Waals surface area contributed by atoms with Crippen LogP contribution in [0.1, 0.15) is 44.9 Å². The highest BCUT2D eigenvalue weighted by molar-refractivity contribution is 7.22. The van der Waals surface area contributed by atoms with Crippen LogP contribution in [0.2, 0.25) is 0 Å². The summed E-state index contributed by atoms with van der Waals surface area (Å²) in [5.74, 6) is 0.773. The molecule has 0 N–H and O–H groups in total. The third-order valence-corrected chi connectivity index (χ3v) is 6.22. The third-order valence-electron chi connectivity index (χ3n) is 5.16. The highest BCUT2D eigenvalue weighted by Crippen LogP contribution is 2.33. The minimum Gasteiger partial charge on any atom is -0.376 e. The summed E-state index contributed by atoms with van der Waals surface area (Å²) in [5, 5.41) is 0.828. The number of amides is 1. The topological polar surface area (TPSA) is 42.4 Å². The lowest BCUT2D eigenvalue weighted by Crippen LogP contribution is -2.38. The number of anilines is 1. The molecule has 0 spiro atoms. The minimum absolute atomic E-state index is 0.157. The molecule has 1 saturated heterocycles. The number of benzene rings is 1. The predicted molar refractivity (Wildman–Crippen MR) is 97.5 cm³/mol. The summed E-state index contributed by atoms with van der Waals surface area (Å²) in [6.07, 6.45) is 7.87. The van der Waals surface area contributed by atoms with Gasteiger partial charge >= 0.3 is 0 Å². The van der Waals surface area contributed by atoms with Crippen molar-refractivity contribution in [1.82, 2.24) is 4.98 Å². The molecule has 1 aliphatic heterocycles. The Morgan fingerprint density at radius 2 is 2.04 bits per heavy atom. The zero-order valence-electron chi connectivity index (χ0n) is 13.9. The van der Waals surface area contributed by atoms with Crippen molar-refractivity contribution in [1.29, 1.82) is 0 Å². The first kappa shape index (κ1) is 16.0. The number of carbonyl (C=O) groups excluding carboxylic acids is 1. The van der Waals surface area contributed by atoms with Crippen molar-refractivity contribution in [2.75, 3.05) is 18.1 Å². The van der Waals surface area contributed by atoms with Crippen molar-refractivity contribution in [3.8, 4) is 0 Å². The van der Waals surface area contributed by atoms with Crippen molar-refractivity contribution in [3.63, 3.8) is 0 Å². The van der Waals surface area contributed by atoms with E-state index in [-0.39, 0.29) is 12.0 Å². The zero-order chi connectivity index (χ0) is 16.4. The smallest absolute Gasteiger partial charge is 0.229 e. The Morgan fingerprint density at radius 1 is 1.21 bits per heavy atom. The monoisotopic (exact) mass is 344 g/mol. The fourth-order valence-corrected chi connectivity index (χ4v) is 4.82. The summed E-state index contributed by atoms with van der Waals surface area (Å²) < 4.78 is 6.92. The molecule has 2 fully saturated rings. The molecular weight excluding hydrogens is 320 g/mol. The Kier molecular flexibility index (Phi) is 4.81. The molecule has 128 valence electrons.